The van der Waals surface area contributed by atoms with Gasteiger partial charge in [-0.25, -0.2) is 4.98 Å². The van der Waals surface area contributed by atoms with Crippen LogP contribution in [0.25, 0.3) is 0 Å². The van der Waals surface area contributed by atoms with Crippen molar-refractivity contribution in [1.82, 2.24) is 4.98 Å². The van der Waals surface area contributed by atoms with Crippen molar-refractivity contribution in [3.05, 3.63) is 51.6 Å². The second-order valence-electron chi connectivity index (χ2n) is 3.33. The fraction of sp³-hybridized carbons (Fsp3) is 0.0833. The number of rotatable bonds is 3. The molecule has 17 heavy (non-hydrogen) atoms. The molecule has 0 saturated heterocycles. The summed E-state index contributed by atoms with van der Waals surface area (Å²) >= 11 is 10.7. The van der Waals surface area contributed by atoms with E-state index in [-0.39, 0.29) is 6.61 Å². The van der Waals surface area contributed by atoms with Crippen LogP contribution in [-0.2, 0) is 6.61 Å². The molecular weight excluding hydrogens is 322 g/mol. The monoisotopic (exact) mass is 329 g/mol. The van der Waals surface area contributed by atoms with Crippen LogP contribution in [0, 0.1) is 0 Å². The van der Waals surface area contributed by atoms with Crippen LogP contribution in [0.1, 0.15) is 5.56 Å². The molecule has 0 spiro atoms. The van der Waals surface area contributed by atoms with Crippen LogP contribution >= 0.6 is 39.3 Å². The van der Waals surface area contributed by atoms with Crippen molar-refractivity contribution in [3.8, 4) is 0 Å². The molecule has 0 atom stereocenters. The minimum Gasteiger partial charge on any atom is -0.392 e. The Morgan fingerprint density at radius 2 is 2.12 bits per heavy atom. The lowest BCUT2D eigenvalue weighted by Crippen LogP contribution is -1.88. The molecule has 1 aromatic heterocycles. The van der Waals surface area contributed by atoms with Gasteiger partial charge >= 0.3 is 0 Å². The second-order valence-corrected chi connectivity index (χ2v) is 5.74. The third kappa shape index (κ3) is 3.45. The van der Waals surface area contributed by atoms with Crippen molar-refractivity contribution < 1.29 is 5.11 Å². The first-order valence-electron chi connectivity index (χ1n) is 4.88. The van der Waals surface area contributed by atoms with Crippen molar-refractivity contribution in [2.24, 2.45) is 0 Å². The molecule has 1 N–H and O–H groups in total. The number of benzene rings is 1. The maximum Gasteiger partial charge on any atom is 0.101 e. The van der Waals surface area contributed by atoms with Crippen molar-refractivity contribution in [3.63, 3.8) is 0 Å². The predicted octanol–water partition coefficient (Wildman–Crippen LogP) is 4.14. The number of aromatic nitrogens is 1. The third-order valence-corrected chi connectivity index (χ3v) is 3.89. The molecule has 0 aliphatic rings. The molecule has 0 fully saturated rings. The Balaban J connectivity index is 2.26. The Morgan fingerprint density at radius 1 is 1.29 bits per heavy atom. The van der Waals surface area contributed by atoms with E-state index in [9.17, 15) is 5.11 Å². The molecule has 2 aromatic rings. The number of pyridine rings is 1. The van der Waals surface area contributed by atoms with Gasteiger partial charge in [-0.3, -0.25) is 0 Å². The summed E-state index contributed by atoms with van der Waals surface area (Å²) in [6.07, 6.45) is 1.61. The number of aliphatic hydroxyl groups is 1. The molecule has 0 saturated carbocycles. The van der Waals surface area contributed by atoms with Gasteiger partial charge in [-0.1, -0.05) is 39.3 Å². The van der Waals surface area contributed by atoms with Gasteiger partial charge in [0, 0.05) is 15.6 Å². The van der Waals surface area contributed by atoms with Gasteiger partial charge in [-0.15, -0.1) is 0 Å². The Kier molecular flexibility index (Phi) is 4.45. The summed E-state index contributed by atoms with van der Waals surface area (Å²) in [5.41, 5.74) is 0.876. The van der Waals surface area contributed by atoms with Crippen molar-refractivity contribution in [2.45, 2.75) is 16.5 Å². The molecule has 0 amide bonds. The maximum atomic E-state index is 9.29. The van der Waals surface area contributed by atoms with Crippen LogP contribution < -0.4 is 0 Å². The average molecular weight is 331 g/mol. The fourth-order valence-electron chi connectivity index (χ4n) is 1.31. The second kappa shape index (κ2) is 5.87. The predicted molar refractivity (Wildman–Crippen MR) is 73.4 cm³/mol. The van der Waals surface area contributed by atoms with E-state index in [2.05, 4.69) is 20.9 Å². The van der Waals surface area contributed by atoms with E-state index >= 15 is 0 Å². The molecule has 0 bridgehead atoms. The largest absolute Gasteiger partial charge is 0.392 e. The maximum absolute atomic E-state index is 9.29. The zero-order valence-corrected chi connectivity index (χ0v) is 11.9. The highest BCUT2D eigenvalue weighted by Crippen LogP contribution is 2.31. The van der Waals surface area contributed by atoms with Crippen molar-refractivity contribution >= 4 is 39.3 Å². The van der Waals surface area contributed by atoms with Gasteiger partial charge in [-0.2, -0.15) is 0 Å². The Bertz CT molecular complexity index is 518. The summed E-state index contributed by atoms with van der Waals surface area (Å²) < 4.78 is 0.954. The van der Waals surface area contributed by atoms with E-state index < -0.39 is 0 Å². The summed E-state index contributed by atoms with van der Waals surface area (Å²) in [6, 6.07) is 9.46. The first-order chi connectivity index (χ1) is 8.19. The summed E-state index contributed by atoms with van der Waals surface area (Å²) in [6.45, 7) is 0.00929. The fourth-order valence-corrected chi connectivity index (χ4v) is 2.68. The molecule has 0 unspecified atom stereocenters. The van der Waals surface area contributed by atoms with Gasteiger partial charge in [0.2, 0.25) is 0 Å². The highest BCUT2D eigenvalue weighted by molar-refractivity contribution is 9.10. The molecule has 1 aromatic carbocycles. The van der Waals surface area contributed by atoms with E-state index in [0.717, 1.165) is 20.0 Å². The number of aliphatic hydroxyl groups excluding tert-OH is 1. The van der Waals surface area contributed by atoms with Gasteiger partial charge in [0.15, 0.2) is 0 Å². The third-order valence-electron chi connectivity index (χ3n) is 2.11. The van der Waals surface area contributed by atoms with Crippen LogP contribution in [0.3, 0.4) is 0 Å². The van der Waals surface area contributed by atoms with Crippen LogP contribution in [0.4, 0.5) is 0 Å². The van der Waals surface area contributed by atoms with Gasteiger partial charge in [-0.05, 0) is 35.9 Å². The summed E-state index contributed by atoms with van der Waals surface area (Å²) in [4.78, 5) is 5.20. The van der Waals surface area contributed by atoms with Crippen LogP contribution in [0.15, 0.2) is 50.9 Å². The molecule has 0 aliphatic heterocycles. The zero-order chi connectivity index (χ0) is 12.3. The molecule has 1 heterocycles. The minimum atomic E-state index is 0.00929. The van der Waals surface area contributed by atoms with Crippen LogP contribution in [0.5, 0.6) is 0 Å². The standard InChI is InChI=1S/C12H9BrClNOS/c13-9-1-3-11(8(5-9)7-16)17-12-4-2-10(14)6-15-12/h1-6,16H,7H2. The number of hydrogen-bond acceptors (Lipinski definition) is 3. The van der Waals surface area contributed by atoms with E-state index in [4.69, 9.17) is 11.6 Å². The molecule has 0 radical (unpaired) electrons. The molecule has 5 heteroatoms. The molecule has 88 valence electrons. The topological polar surface area (TPSA) is 33.1 Å². The average Bonchev–Trinajstić information content (AvgIpc) is 2.34. The smallest absolute Gasteiger partial charge is 0.101 e. The summed E-state index contributed by atoms with van der Waals surface area (Å²) in [7, 11) is 0. The Hall–Kier alpha value is -0.550. The lowest BCUT2D eigenvalue weighted by molar-refractivity contribution is 0.279. The van der Waals surface area contributed by atoms with Crippen molar-refractivity contribution in [2.75, 3.05) is 0 Å². The quantitative estimate of drug-likeness (QED) is 0.918. The van der Waals surface area contributed by atoms with E-state index in [1.807, 2.05) is 24.3 Å². The lowest BCUT2D eigenvalue weighted by Gasteiger charge is -2.07. The number of hydrogen-bond donors (Lipinski definition) is 1. The highest BCUT2D eigenvalue weighted by atomic mass is 79.9. The normalized spacial score (nSPS) is 10.5. The number of nitrogens with zero attached hydrogens (tertiary/aromatic N) is 1. The van der Waals surface area contributed by atoms with E-state index in [1.165, 1.54) is 11.8 Å². The SMILES string of the molecule is OCc1cc(Br)ccc1Sc1ccc(Cl)cn1. The zero-order valence-electron chi connectivity index (χ0n) is 8.73. The Morgan fingerprint density at radius 3 is 2.76 bits per heavy atom. The summed E-state index contributed by atoms with van der Waals surface area (Å²) in [5, 5.41) is 10.8. The first-order valence-corrected chi connectivity index (χ1v) is 6.86. The van der Waals surface area contributed by atoms with Gasteiger partial charge in [0.25, 0.3) is 0 Å². The molecule has 0 aliphatic carbocycles. The van der Waals surface area contributed by atoms with Crippen LogP contribution in [-0.4, -0.2) is 10.1 Å². The number of halogens is 2. The molecule has 2 nitrogen and oxygen atoms in total. The minimum absolute atomic E-state index is 0.00929. The van der Waals surface area contributed by atoms with Crippen molar-refractivity contribution in [1.29, 1.82) is 0 Å². The van der Waals surface area contributed by atoms with Gasteiger partial charge in [0.05, 0.1) is 11.6 Å². The molecule has 2 rings (SSSR count). The highest BCUT2D eigenvalue weighted by Gasteiger charge is 2.05. The van der Waals surface area contributed by atoms with Crippen LogP contribution in [0.2, 0.25) is 5.02 Å². The van der Waals surface area contributed by atoms with E-state index in [0.29, 0.717) is 5.02 Å². The summed E-state index contributed by atoms with van der Waals surface area (Å²) in [5.74, 6) is 0. The Labute approximate surface area is 117 Å². The first kappa shape index (κ1) is 12.9. The van der Waals surface area contributed by atoms with E-state index in [1.54, 1.807) is 12.3 Å². The van der Waals surface area contributed by atoms with Gasteiger partial charge < -0.3 is 5.11 Å². The molecular formula is C12H9BrClNOS. The van der Waals surface area contributed by atoms with Gasteiger partial charge in [0.1, 0.15) is 5.03 Å². The lowest BCUT2D eigenvalue weighted by atomic mass is 10.2.